The number of para-hydroxylation sites is 1. The van der Waals surface area contributed by atoms with E-state index in [-0.39, 0.29) is 12.5 Å². The molecule has 0 spiro atoms. The number of esters is 1. The highest BCUT2D eigenvalue weighted by Gasteiger charge is 2.28. The smallest absolute Gasteiger partial charge is 0.341 e. The Morgan fingerprint density at radius 3 is 2.60 bits per heavy atom. The molecule has 0 unspecified atom stereocenters. The summed E-state index contributed by atoms with van der Waals surface area (Å²) in [4.78, 5) is 25.6. The van der Waals surface area contributed by atoms with Crippen LogP contribution in [0.2, 0.25) is 0 Å². The van der Waals surface area contributed by atoms with Gasteiger partial charge >= 0.3 is 5.97 Å². The number of hydrogen-bond acceptors (Lipinski definition) is 5. The van der Waals surface area contributed by atoms with Crippen molar-refractivity contribution in [2.75, 3.05) is 19.0 Å². The first kappa shape index (κ1) is 17.5. The summed E-state index contributed by atoms with van der Waals surface area (Å²) in [6.45, 7) is 3.79. The number of anilines is 1. The van der Waals surface area contributed by atoms with E-state index in [4.69, 9.17) is 9.47 Å². The van der Waals surface area contributed by atoms with Crippen LogP contribution in [-0.2, 0) is 22.4 Å². The summed E-state index contributed by atoms with van der Waals surface area (Å²) in [6.07, 6.45) is 2.83. The van der Waals surface area contributed by atoms with Gasteiger partial charge in [-0.25, -0.2) is 4.79 Å². The van der Waals surface area contributed by atoms with Crippen LogP contribution >= 0.6 is 11.3 Å². The predicted molar refractivity (Wildman–Crippen MR) is 97.7 cm³/mol. The fourth-order valence-electron chi connectivity index (χ4n) is 3.14. The zero-order valence-corrected chi connectivity index (χ0v) is 15.4. The number of nitrogens with one attached hydrogen (secondary N) is 1. The number of carbonyl (C=O) groups excluding carboxylic acids is 2. The summed E-state index contributed by atoms with van der Waals surface area (Å²) in [5.74, 6) is 0.0395. The van der Waals surface area contributed by atoms with Crippen molar-refractivity contribution in [1.29, 1.82) is 0 Å². The Bertz CT molecular complexity index is 805. The summed E-state index contributed by atoms with van der Waals surface area (Å²) >= 11 is 1.46. The molecule has 1 amide bonds. The lowest BCUT2D eigenvalue weighted by molar-refractivity contribution is -0.118. The van der Waals surface area contributed by atoms with Gasteiger partial charge in [0.25, 0.3) is 5.91 Å². The Balaban J connectivity index is 1.72. The Kier molecular flexibility index (Phi) is 5.08. The number of ether oxygens (including phenoxy) is 2. The maximum atomic E-state index is 12.3. The maximum Gasteiger partial charge on any atom is 0.341 e. The van der Waals surface area contributed by atoms with E-state index < -0.39 is 5.97 Å². The summed E-state index contributed by atoms with van der Waals surface area (Å²) in [5.41, 5.74) is 3.49. The van der Waals surface area contributed by atoms with E-state index in [1.54, 1.807) is 0 Å². The molecule has 0 aliphatic heterocycles. The van der Waals surface area contributed by atoms with Gasteiger partial charge in [0.15, 0.2) is 6.61 Å². The molecule has 1 aliphatic rings. The van der Waals surface area contributed by atoms with Gasteiger partial charge < -0.3 is 14.8 Å². The molecule has 1 aromatic carbocycles. The number of benzene rings is 1. The SMILES string of the molecule is COC(=O)c1c(NC(=O)COc2c(C)cccc2C)sc2c1CCC2. The second-order valence-corrected chi connectivity index (χ2v) is 7.22. The number of rotatable bonds is 5. The number of aryl methyl sites for hydroxylation is 3. The molecule has 6 heteroatoms. The quantitative estimate of drug-likeness (QED) is 0.828. The number of fused-ring (bicyclic) bond motifs is 1. The van der Waals surface area contributed by atoms with Crippen molar-refractivity contribution >= 4 is 28.2 Å². The molecule has 0 atom stereocenters. The topological polar surface area (TPSA) is 64.6 Å². The summed E-state index contributed by atoms with van der Waals surface area (Å²) < 4.78 is 10.6. The molecule has 0 saturated heterocycles. The highest BCUT2D eigenvalue weighted by atomic mass is 32.1. The largest absolute Gasteiger partial charge is 0.483 e. The number of hydrogen-bond donors (Lipinski definition) is 1. The first-order chi connectivity index (χ1) is 12.0. The average Bonchev–Trinajstić information content (AvgIpc) is 3.14. The van der Waals surface area contributed by atoms with Crippen LogP contribution in [0.4, 0.5) is 5.00 Å². The minimum Gasteiger partial charge on any atom is -0.483 e. The molecule has 1 aromatic heterocycles. The molecule has 3 rings (SSSR count). The van der Waals surface area contributed by atoms with Crippen LogP contribution in [0.3, 0.4) is 0 Å². The monoisotopic (exact) mass is 359 g/mol. The van der Waals surface area contributed by atoms with Crippen molar-refractivity contribution < 1.29 is 19.1 Å². The van der Waals surface area contributed by atoms with Crippen LogP contribution in [0.25, 0.3) is 0 Å². The third-order valence-corrected chi connectivity index (χ3v) is 5.53. The standard InChI is InChI=1S/C19H21NO4S/c1-11-6-4-7-12(2)17(11)24-10-15(21)20-18-16(19(22)23-3)13-8-5-9-14(13)25-18/h4,6-7H,5,8-10H2,1-3H3,(H,20,21). The Hall–Kier alpha value is -2.34. The molecule has 0 radical (unpaired) electrons. The minimum absolute atomic E-state index is 0.102. The van der Waals surface area contributed by atoms with Gasteiger partial charge in [-0.3, -0.25) is 4.79 Å². The van der Waals surface area contributed by atoms with Crippen molar-refractivity contribution in [2.45, 2.75) is 33.1 Å². The van der Waals surface area contributed by atoms with E-state index in [2.05, 4.69) is 5.32 Å². The van der Waals surface area contributed by atoms with Gasteiger partial charge in [-0.1, -0.05) is 18.2 Å². The molecular weight excluding hydrogens is 338 g/mol. The third kappa shape index (κ3) is 3.54. The predicted octanol–water partition coefficient (Wildman–Crippen LogP) is 3.66. The first-order valence-electron chi connectivity index (χ1n) is 8.23. The number of carbonyl (C=O) groups is 2. The summed E-state index contributed by atoms with van der Waals surface area (Å²) in [7, 11) is 1.36. The number of thiophene rings is 1. The third-order valence-electron chi connectivity index (χ3n) is 4.32. The van der Waals surface area contributed by atoms with Crippen molar-refractivity contribution in [2.24, 2.45) is 0 Å². The second kappa shape index (κ2) is 7.27. The average molecular weight is 359 g/mol. The van der Waals surface area contributed by atoms with Gasteiger partial charge in [-0.05, 0) is 49.8 Å². The lowest BCUT2D eigenvalue weighted by atomic mass is 10.1. The van der Waals surface area contributed by atoms with Crippen molar-refractivity contribution in [3.8, 4) is 5.75 Å². The molecule has 0 bridgehead atoms. The molecule has 0 saturated carbocycles. The van der Waals surface area contributed by atoms with E-state index in [9.17, 15) is 9.59 Å². The lowest BCUT2D eigenvalue weighted by Crippen LogP contribution is -2.21. The molecule has 25 heavy (non-hydrogen) atoms. The molecule has 2 aromatic rings. The van der Waals surface area contributed by atoms with Gasteiger partial charge in [0, 0.05) is 4.88 Å². The van der Waals surface area contributed by atoms with Crippen LogP contribution < -0.4 is 10.1 Å². The highest BCUT2D eigenvalue weighted by Crippen LogP contribution is 2.39. The van der Waals surface area contributed by atoms with Gasteiger partial charge in [-0.15, -0.1) is 11.3 Å². The zero-order valence-electron chi connectivity index (χ0n) is 14.6. The van der Waals surface area contributed by atoms with E-state index in [0.717, 1.165) is 46.6 Å². The van der Waals surface area contributed by atoms with Crippen LogP contribution in [-0.4, -0.2) is 25.6 Å². The van der Waals surface area contributed by atoms with Crippen molar-refractivity contribution in [1.82, 2.24) is 0 Å². The number of amides is 1. The summed E-state index contributed by atoms with van der Waals surface area (Å²) in [6, 6.07) is 5.84. The molecular formula is C19H21NO4S. The molecule has 5 nitrogen and oxygen atoms in total. The first-order valence-corrected chi connectivity index (χ1v) is 9.04. The van der Waals surface area contributed by atoms with E-state index in [1.807, 2.05) is 32.0 Å². The van der Waals surface area contributed by atoms with Gasteiger partial charge in [0.2, 0.25) is 0 Å². The van der Waals surface area contributed by atoms with Crippen molar-refractivity contribution in [3.05, 3.63) is 45.3 Å². The normalized spacial score (nSPS) is 12.6. The Morgan fingerprint density at radius 1 is 1.20 bits per heavy atom. The molecule has 132 valence electrons. The van der Waals surface area contributed by atoms with E-state index >= 15 is 0 Å². The van der Waals surface area contributed by atoms with Crippen LogP contribution in [0, 0.1) is 13.8 Å². The molecule has 0 fully saturated rings. The molecule has 1 heterocycles. The highest BCUT2D eigenvalue weighted by molar-refractivity contribution is 7.17. The maximum absolute atomic E-state index is 12.3. The second-order valence-electron chi connectivity index (χ2n) is 6.11. The van der Waals surface area contributed by atoms with Crippen LogP contribution in [0.15, 0.2) is 18.2 Å². The molecule has 1 aliphatic carbocycles. The van der Waals surface area contributed by atoms with E-state index in [1.165, 1.54) is 18.4 Å². The Morgan fingerprint density at radius 2 is 1.92 bits per heavy atom. The van der Waals surface area contributed by atoms with Crippen LogP contribution in [0.1, 0.15) is 38.3 Å². The fourth-order valence-corrected chi connectivity index (χ4v) is 4.43. The lowest BCUT2D eigenvalue weighted by Gasteiger charge is -2.12. The Labute approximate surface area is 151 Å². The van der Waals surface area contributed by atoms with Gasteiger partial charge in [0.05, 0.1) is 12.7 Å². The minimum atomic E-state index is -0.398. The molecule has 1 N–H and O–H groups in total. The van der Waals surface area contributed by atoms with Gasteiger partial charge in [0.1, 0.15) is 10.8 Å². The van der Waals surface area contributed by atoms with E-state index in [0.29, 0.717) is 10.6 Å². The van der Waals surface area contributed by atoms with Gasteiger partial charge in [-0.2, -0.15) is 0 Å². The van der Waals surface area contributed by atoms with Crippen molar-refractivity contribution in [3.63, 3.8) is 0 Å². The fraction of sp³-hybridized carbons (Fsp3) is 0.368. The zero-order chi connectivity index (χ0) is 18.0. The number of methoxy groups -OCH3 is 1. The van der Waals surface area contributed by atoms with Crippen LogP contribution in [0.5, 0.6) is 5.75 Å². The summed E-state index contributed by atoms with van der Waals surface area (Å²) in [5, 5.41) is 3.38.